The minimum atomic E-state index is 0.0414. The Balaban J connectivity index is 2.62. The minimum Gasteiger partial charge on any atom is -0.356 e. The average Bonchev–Trinajstić information content (AvgIpc) is 2.17. The first kappa shape index (κ1) is 12.8. The fraction of sp³-hybridized carbons (Fsp3) is 0.500. The van der Waals surface area contributed by atoms with Crippen LogP contribution < -0.4 is 5.32 Å². The van der Waals surface area contributed by atoms with Gasteiger partial charge in [-0.05, 0) is 24.3 Å². The lowest BCUT2D eigenvalue weighted by atomic mass is 9.81. The quantitative estimate of drug-likeness (QED) is 0.829. The summed E-state index contributed by atoms with van der Waals surface area (Å²) < 4.78 is 0. The van der Waals surface area contributed by atoms with Crippen LogP contribution >= 0.6 is 0 Å². The van der Waals surface area contributed by atoms with Gasteiger partial charge in [-0.3, -0.25) is 4.79 Å². The van der Waals surface area contributed by atoms with Crippen molar-refractivity contribution >= 4 is 5.91 Å². The second-order valence-electron chi connectivity index (χ2n) is 4.98. The van der Waals surface area contributed by atoms with Gasteiger partial charge in [0.25, 0.3) is 0 Å². The SMILES string of the molecule is CC(=O)NCCC(C)(C)c1ccc(C)cc1. The molecule has 2 nitrogen and oxygen atoms in total. The van der Waals surface area contributed by atoms with Gasteiger partial charge in [-0.1, -0.05) is 43.7 Å². The summed E-state index contributed by atoms with van der Waals surface area (Å²) >= 11 is 0. The summed E-state index contributed by atoms with van der Waals surface area (Å²) in [6.07, 6.45) is 0.954. The monoisotopic (exact) mass is 219 g/mol. The van der Waals surface area contributed by atoms with Crippen molar-refractivity contribution in [3.63, 3.8) is 0 Å². The van der Waals surface area contributed by atoms with Crippen LogP contribution in [0.15, 0.2) is 24.3 Å². The Hall–Kier alpha value is -1.31. The molecular weight excluding hydrogens is 198 g/mol. The molecule has 0 saturated heterocycles. The van der Waals surface area contributed by atoms with E-state index >= 15 is 0 Å². The van der Waals surface area contributed by atoms with Crippen molar-refractivity contribution < 1.29 is 4.79 Å². The van der Waals surface area contributed by atoms with Gasteiger partial charge in [0, 0.05) is 13.5 Å². The summed E-state index contributed by atoms with van der Waals surface area (Å²) in [5.41, 5.74) is 2.71. The Labute approximate surface area is 98.1 Å². The maximum absolute atomic E-state index is 10.8. The molecule has 0 aliphatic heterocycles. The fourth-order valence-corrected chi connectivity index (χ4v) is 1.70. The Kier molecular flexibility index (Phi) is 4.11. The zero-order chi connectivity index (χ0) is 12.2. The Bertz CT molecular complexity index is 352. The molecule has 0 aromatic heterocycles. The first-order chi connectivity index (χ1) is 7.42. The van der Waals surface area contributed by atoms with Crippen molar-refractivity contribution in [1.82, 2.24) is 5.32 Å². The summed E-state index contributed by atoms with van der Waals surface area (Å²) in [4.78, 5) is 10.8. The maximum Gasteiger partial charge on any atom is 0.216 e. The first-order valence-electron chi connectivity index (χ1n) is 5.73. The second kappa shape index (κ2) is 5.15. The molecular formula is C14H21NO. The lowest BCUT2D eigenvalue weighted by Gasteiger charge is -2.25. The minimum absolute atomic E-state index is 0.0414. The molecule has 16 heavy (non-hydrogen) atoms. The van der Waals surface area contributed by atoms with E-state index in [2.05, 4.69) is 50.4 Å². The molecule has 0 saturated carbocycles. The topological polar surface area (TPSA) is 29.1 Å². The largest absolute Gasteiger partial charge is 0.356 e. The molecule has 0 radical (unpaired) electrons. The van der Waals surface area contributed by atoms with Crippen molar-refractivity contribution in [3.8, 4) is 0 Å². The predicted octanol–water partition coefficient (Wildman–Crippen LogP) is 2.80. The van der Waals surface area contributed by atoms with E-state index in [0.29, 0.717) is 0 Å². The number of hydrogen-bond donors (Lipinski definition) is 1. The van der Waals surface area contributed by atoms with E-state index < -0.39 is 0 Å². The number of amides is 1. The van der Waals surface area contributed by atoms with Gasteiger partial charge in [0.15, 0.2) is 0 Å². The summed E-state index contributed by atoms with van der Waals surface area (Å²) in [5.74, 6) is 0.0414. The number of rotatable bonds is 4. The lowest BCUT2D eigenvalue weighted by Crippen LogP contribution is -2.28. The molecule has 0 fully saturated rings. The van der Waals surface area contributed by atoms with E-state index in [1.807, 2.05) is 0 Å². The van der Waals surface area contributed by atoms with Gasteiger partial charge in [-0.25, -0.2) is 0 Å². The Morgan fingerprint density at radius 3 is 2.31 bits per heavy atom. The van der Waals surface area contributed by atoms with Crippen molar-refractivity contribution in [2.45, 2.75) is 39.5 Å². The molecule has 0 aliphatic carbocycles. The van der Waals surface area contributed by atoms with E-state index in [9.17, 15) is 4.79 Å². The summed E-state index contributed by atoms with van der Waals surface area (Å²) in [6.45, 7) is 8.79. The molecule has 0 bridgehead atoms. The zero-order valence-corrected chi connectivity index (χ0v) is 10.6. The van der Waals surface area contributed by atoms with Crippen molar-refractivity contribution in [3.05, 3.63) is 35.4 Å². The lowest BCUT2D eigenvalue weighted by molar-refractivity contribution is -0.119. The van der Waals surface area contributed by atoms with Gasteiger partial charge in [-0.15, -0.1) is 0 Å². The average molecular weight is 219 g/mol. The molecule has 1 aromatic rings. The van der Waals surface area contributed by atoms with Crippen LogP contribution in [0.25, 0.3) is 0 Å². The van der Waals surface area contributed by atoms with Gasteiger partial charge in [0.05, 0.1) is 0 Å². The van der Waals surface area contributed by atoms with Crippen molar-refractivity contribution in [2.75, 3.05) is 6.54 Å². The number of benzene rings is 1. The molecule has 1 N–H and O–H groups in total. The number of hydrogen-bond acceptors (Lipinski definition) is 1. The highest BCUT2D eigenvalue weighted by Gasteiger charge is 2.19. The molecule has 1 aromatic carbocycles. The highest BCUT2D eigenvalue weighted by atomic mass is 16.1. The highest BCUT2D eigenvalue weighted by Crippen LogP contribution is 2.26. The Morgan fingerprint density at radius 1 is 1.25 bits per heavy atom. The van der Waals surface area contributed by atoms with Gasteiger partial charge in [-0.2, -0.15) is 0 Å². The van der Waals surface area contributed by atoms with E-state index in [4.69, 9.17) is 0 Å². The number of carbonyl (C=O) groups is 1. The molecule has 2 heteroatoms. The van der Waals surface area contributed by atoms with Gasteiger partial charge < -0.3 is 5.32 Å². The number of carbonyl (C=O) groups excluding carboxylic acids is 1. The normalized spacial score (nSPS) is 11.2. The first-order valence-corrected chi connectivity index (χ1v) is 5.73. The molecule has 1 amide bonds. The summed E-state index contributed by atoms with van der Waals surface area (Å²) in [5, 5.41) is 2.84. The second-order valence-corrected chi connectivity index (χ2v) is 4.98. The van der Waals surface area contributed by atoms with E-state index in [1.54, 1.807) is 6.92 Å². The highest BCUT2D eigenvalue weighted by molar-refractivity contribution is 5.72. The van der Waals surface area contributed by atoms with Crippen molar-refractivity contribution in [1.29, 1.82) is 0 Å². The van der Waals surface area contributed by atoms with Gasteiger partial charge in [0.1, 0.15) is 0 Å². The number of aryl methyl sites for hydroxylation is 1. The molecule has 0 aliphatic rings. The van der Waals surface area contributed by atoms with E-state index in [0.717, 1.165) is 13.0 Å². The molecule has 0 heterocycles. The third-order valence-electron chi connectivity index (χ3n) is 2.96. The third kappa shape index (κ3) is 3.69. The standard InChI is InChI=1S/C14H21NO/c1-11-5-7-13(8-6-11)14(3,4)9-10-15-12(2)16/h5-8H,9-10H2,1-4H3,(H,15,16). The predicted molar refractivity (Wildman–Crippen MR) is 67.5 cm³/mol. The molecule has 0 unspecified atom stereocenters. The van der Waals surface area contributed by atoms with Crippen LogP contribution in [0.1, 0.15) is 38.3 Å². The van der Waals surface area contributed by atoms with E-state index in [1.165, 1.54) is 11.1 Å². The van der Waals surface area contributed by atoms with Crippen molar-refractivity contribution in [2.24, 2.45) is 0 Å². The maximum atomic E-state index is 10.8. The smallest absolute Gasteiger partial charge is 0.216 e. The van der Waals surface area contributed by atoms with E-state index in [-0.39, 0.29) is 11.3 Å². The number of nitrogens with one attached hydrogen (secondary N) is 1. The van der Waals surface area contributed by atoms with Crippen LogP contribution in [0.3, 0.4) is 0 Å². The summed E-state index contributed by atoms with van der Waals surface area (Å²) in [6, 6.07) is 8.61. The van der Waals surface area contributed by atoms with Crippen LogP contribution in [-0.2, 0) is 10.2 Å². The van der Waals surface area contributed by atoms with Gasteiger partial charge >= 0.3 is 0 Å². The third-order valence-corrected chi connectivity index (χ3v) is 2.96. The Morgan fingerprint density at radius 2 is 1.81 bits per heavy atom. The van der Waals surface area contributed by atoms with Crippen LogP contribution in [0.2, 0.25) is 0 Å². The molecule has 0 spiro atoms. The van der Waals surface area contributed by atoms with Crippen LogP contribution in [0.4, 0.5) is 0 Å². The summed E-state index contributed by atoms with van der Waals surface area (Å²) in [7, 11) is 0. The van der Waals surface area contributed by atoms with Crippen LogP contribution in [-0.4, -0.2) is 12.5 Å². The van der Waals surface area contributed by atoms with Crippen LogP contribution in [0.5, 0.6) is 0 Å². The zero-order valence-electron chi connectivity index (χ0n) is 10.6. The molecule has 1 rings (SSSR count). The molecule has 0 atom stereocenters. The van der Waals surface area contributed by atoms with Gasteiger partial charge in [0.2, 0.25) is 5.91 Å². The van der Waals surface area contributed by atoms with Crippen LogP contribution in [0, 0.1) is 6.92 Å². The molecule has 88 valence electrons. The fourth-order valence-electron chi connectivity index (χ4n) is 1.70.